The number of anilines is 1. The monoisotopic (exact) mass is 456 g/mol. The Morgan fingerprint density at radius 1 is 1.18 bits per heavy atom. The van der Waals surface area contributed by atoms with E-state index in [9.17, 15) is 18.0 Å². The van der Waals surface area contributed by atoms with Crippen LogP contribution in [-0.4, -0.2) is 42.5 Å². The molecule has 0 bridgehead atoms. The second-order valence-corrected chi connectivity index (χ2v) is 7.76. The van der Waals surface area contributed by atoms with Crippen molar-refractivity contribution in [1.29, 1.82) is 0 Å². The van der Waals surface area contributed by atoms with Gasteiger partial charge in [-0.1, -0.05) is 12.1 Å². The first-order chi connectivity index (χ1) is 15.8. The van der Waals surface area contributed by atoms with Crippen molar-refractivity contribution in [3.05, 3.63) is 82.8 Å². The van der Waals surface area contributed by atoms with Crippen LogP contribution in [0.15, 0.2) is 54.7 Å². The lowest BCUT2D eigenvalue weighted by molar-refractivity contribution is -0.138. The van der Waals surface area contributed by atoms with Crippen LogP contribution in [0.25, 0.3) is 0 Å². The van der Waals surface area contributed by atoms with Crippen molar-refractivity contribution in [2.45, 2.75) is 19.1 Å². The lowest BCUT2D eigenvalue weighted by atomic mass is 10.0. The molecule has 1 aliphatic heterocycles. The van der Waals surface area contributed by atoms with Crippen molar-refractivity contribution in [2.24, 2.45) is 0 Å². The van der Waals surface area contributed by atoms with Gasteiger partial charge in [-0.25, -0.2) is 4.98 Å². The van der Waals surface area contributed by atoms with Crippen LogP contribution >= 0.6 is 0 Å². The summed E-state index contributed by atoms with van der Waals surface area (Å²) in [5.41, 5.74) is -0.231. The van der Waals surface area contributed by atoms with Gasteiger partial charge >= 0.3 is 6.18 Å². The Morgan fingerprint density at radius 3 is 2.73 bits per heavy atom. The summed E-state index contributed by atoms with van der Waals surface area (Å²) in [6, 6.07) is 12.8. The lowest BCUT2D eigenvalue weighted by Crippen LogP contribution is -2.46. The number of piperazine rings is 1. The summed E-state index contributed by atoms with van der Waals surface area (Å²) in [5.74, 6) is 0.246. The van der Waals surface area contributed by atoms with Crippen LogP contribution in [0.3, 0.4) is 0 Å². The van der Waals surface area contributed by atoms with Gasteiger partial charge in [-0.05, 0) is 48.9 Å². The Morgan fingerprint density at radius 2 is 2.00 bits per heavy atom. The molecular weight excluding hydrogens is 433 g/mol. The second-order valence-electron chi connectivity index (χ2n) is 7.76. The number of ether oxygens (including phenoxy) is 1. The van der Waals surface area contributed by atoms with Crippen molar-refractivity contribution >= 4 is 11.6 Å². The molecule has 1 fully saturated rings. The summed E-state index contributed by atoms with van der Waals surface area (Å²) < 4.78 is 46.4. The molecule has 0 saturated carbocycles. The van der Waals surface area contributed by atoms with E-state index in [4.69, 9.17) is 4.74 Å². The molecule has 6 nitrogen and oxygen atoms in total. The molecule has 1 N–H and O–H groups in total. The van der Waals surface area contributed by atoms with Gasteiger partial charge in [-0.2, -0.15) is 13.2 Å². The van der Waals surface area contributed by atoms with Gasteiger partial charge in [0.25, 0.3) is 0 Å². The standard InChI is InChI=1S/C24H23F3N4O2/c1-15-18(7-4-10-28-15)23(32)22-19(24(25,26)27)8-9-21(30-22)31-12-11-29-20(14-31)16-5-3-6-17(13-16)33-2/h3-10,13,20,29H,11-12,14H2,1-2H3. The summed E-state index contributed by atoms with van der Waals surface area (Å²) in [5, 5.41) is 3.41. The molecule has 1 saturated heterocycles. The minimum atomic E-state index is -4.71. The van der Waals surface area contributed by atoms with Crippen LogP contribution in [0.4, 0.5) is 19.0 Å². The lowest BCUT2D eigenvalue weighted by Gasteiger charge is -2.35. The predicted molar refractivity (Wildman–Crippen MR) is 118 cm³/mol. The minimum Gasteiger partial charge on any atom is -0.497 e. The van der Waals surface area contributed by atoms with E-state index >= 15 is 0 Å². The maximum absolute atomic E-state index is 13.7. The zero-order chi connectivity index (χ0) is 23.6. The molecule has 3 heterocycles. The molecular formula is C24H23F3N4O2. The zero-order valence-corrected chi connectivity index (χ0v) is 18.2. The van der Waals surface area contributed by atoms with Crippen LogP contribution < -0.4 is 15.0 Å². The fourth-order valence-corrected chi connectivity index (χ4v) is 3.92. The molecule has 4 rings (SSSR count). The number of halogens is 3. The number of nitrogens with one attached hydrogen (secondary N) is 1. The smallest absolute Gasteiger partial charge is 0.418 e. The summed E-state index contributed by atoms with van der Waals surface area (Å²) in [6.45, 7) is 3.21. The Kier molecular flexibility index (Phi) is 6.33. The van der Waals surface area contributed by atoms with Crippen LogP contribution in [0.5, 0.6) is 5.75 Å². The number of aromatic nitrogens is 2. The number of carbonyl (C=O) groups is 1. The highest BCUT2D eigenvalue weighted by Gasteiger charge is 2.37. The van der Waals surface area contributed by atoms with Crippen LogP contribution in [-0.2, 0) is 6.18 Å². The molecule has 0 aliphatic carbocycles. The zero-order valence-electron chi connectivity index (χ0n) is 18.2. The van der Waals surface area contributed by atoms with Gasteiger partial charge in [0.15, 0.2) is 0 Å². The van der Waals surface area contributed by atoms with Crippen LogP contribution in [0.2, 0.25) is 0 Å². The average Bonchev–Trinajstić information content (AvgIpc) is 2.83. The first-order valence-corrected chi connectivity index (χ1v) is 10.4. The quantitative estimate of drug-likeness (QED) is 0.581. The number of rotatable bonds is 5. The number of aryl methyl sites for hydroxylation is 1. The number of pyridine rings is 2. The molecule has 172 valence electrons. The predicted octanol–water partition coefficient (Wildman–Crippen LogP) is 4.19. The largest absolute Gasteiger partial charge is 0.497 e. The van der Waals surface area contributed by atoms with Gasteiger partial charge in [0.2, 0.25) is 5.78 Å². The molecule has 2 aromatic heterocycles. The van der Waals surface area contributed by atoms with E-state index in [1.807, 2.05) is 29.2 Å². The van der Waals surface area contributed by atoms with Gasteiger partial charge in [-0.15, -0.1) is 0 Å². The first-order valence-electron chi connectivity index (χ1n) is 10.4. The van der Waals surface area contributed by atoms with E-state index in [0.29, 0.717) is 31.1 Å². The van der Waals surface area contributed by atoms with Crippen LogP contribution in [0.1, 0.15) is 38.9 Å². The third-order valence-electron chi connectivity index (χ3n) is 5.65. The van der Waals surface area contributed by atoms with E-state index in [1.165, 1.54) is 24.4 Å². The third kappa shape index (κ3) is 4.83. The summed E-state index contributed by atoms with van der Waals surface area (Å²) in [7, 11) is 1.59. The average molecular weight is 456 g/mol. The molecule has 3 aromatic rings. The Hall–Kier alpha value is -3.46. The third-order valence-corrected chi connectivity index (χ3v) is 5.65. The van der Waals surface area contributed by atoms with Gasteiger partial charge in [0.1, 0.15) is 17.3 Å². The molecule has 33 heavy (non-hydrogen) atoms. The van der Waals surface area contributed by atoms with Crippen molar-refractivity contribution in [3.63, 3.8) is 0 Å². The number of carbonyl (C=O) groups excluding carboxylic acids is 1. The molecule has 1 aromatic carbocycles. The number of methoxy groups -OCH3 is 1. The highest BCUT2D eigenvalue weighted by molar-refractivity contribution is 6.09. The van der Waals surface area contributed by atoms with E-state index in [2.05, 4.69) is 15.3 Å². The fourth-order valence-electron chi connectivity index (χ4n) is 3.92. The maximum atomic E-state index is 13.7. The van der Waals surface area contributed by atoms with Crippen molar-refractivity contribution in [1.82, 2.24) is 15.3 Å². The number of hydrogen-bond acceptors (Lipinski definition) is 6. The summed E-state index contributed by atoms with van der Waals surface area (Å²) in [4.78, 5) is 23.2. The second kappa shape index (κ2) is 9.19. The summed E-state index contributed by atoms with van der Waals surface area (Å²) in [6.07, 6.45) is -3.22. The number of benzene rings is 1. The highest BCUT2D eigenvalue weighted by Crippen LogP contribution is 2.34. The Labute approximate surface area is 189 Å². The van der Waals surface area contributed by atoms with E-state index in [-0.39, 0.29) is 11.6 Å². The maximum Gasteiger partial charge on any atom is 0.418 e. The molecule has 0 radical (unpaired) electrons. The van der Waals surface area contributed by atoms with E-state index in [1.54, 1.807) is 14.0 Å². The summed E-state index contributed by atoms with van der Waals surface area (Å²) >= 11 is 0. The molecule has 9 heteroatoms. The fraction of sp³-hybridized carbons (Fsp3) is 0.292. The van der Waals surface area contributed by atoms with Gasteiger partial charge in [0.05, 0.1) is 18.7 Å². The van der Waals surface area contributed by atoms with Crippen molar-refractivity contribution < 1.29 is 22.7 Å². The number of hydrogen-bond donors (Lipinski definition) is 1. The SMILES string of the molecule is COc1cccc(C2CN(c3ccc(C(F)(F)F)c(C(=O)c4cccnc4C)n3)CCN2)c1. The number of alkyl halides is 3. The van der Waals surface area contributed by atoms with Gasteiger partial charge < -0.3 is 15.0 Å². The van der Waals surface area contributed by atoms with E-state index < -0.39 is 23.2 Å². The van der Waals surface area contributed by atoms with Gasteiger partial charge in [-0.3, -0.25) is 9.78 Å². The molecule has 1 atom stereocenters. The normalized spacial score (nSPS) is 16.5. The Balaban J connectivity index is 1.69. The molecule has 0 amide bonds. The van der Waals surface area contributed by atoms with Gasteiger partial charge in [0, 0.05) is 37.1 Å². The van der Waals surface area contributed by atoms with Crippen molar-refractivity contribution in [2.75, 3.05) is 31.6 Å². The molecule has 0 spiro atoms. The number of nitrogens with zero attached hydrogens (tertiary/aromatic N) is 3. The van der Waals surface area contributed by atoms with E-state index in [0.717, 1.165) is 17.4 Å². The first kappa shape index (κ1) is 22.7. The highest BCUT2D eigenvalue weighted by atomic mass is 19.4. The number of ketones is 1. The Bertz CT molecular complexity index is 1170. The van der Waals surface area contributed by atoms with Crippen LogP contribution in [0, 0.1) is 6.92 Å². The topological polar surface area (TPSA) is 67.3 Å². The minimum absolute atomic E-state index is 0.0716. The van der Waals surface area contributed by atoms with Crippen molar-refractivity contribution in [3.8, 4) is 5.75 Å². The molecule has 1 aliphatic rings. The molecule has 1 unspecified atom stereocenters.